The Morgan fingerprint density at radius 1 is 1.11 bits per heavy atom. The maximum Gasteiger partial charge on any atom is 0.345 e. The number of ether oxygens (including phenoxy) is 1. The lowest BCUT2D eigenvalue weighted by molar-refractivity contribution is 0.0702. The summed E-state index contributed by atoms with van der Waals surface area (Å²) < 4.78 is 19.9. The molecule has 6 rings (SSSR count). The van der Waals surface area contributed by atoms with Crippen molar-refractivity contribution in [1.29, 1.82) is 0 Å². The lowest BCUT2D eigenvalue weighted by atomic mass is 10.2. The molecule has 3 aliphatic rings. The zero-order valence-corrected chi connectivity index (χ0v) is 22.1. The summed E-state index contributed by atoms with van der Waals surface area (Å²) in [5, 5.41) is 14.3. The number of fused-ring (bicyclic) bond motifs is 1. The number of carboxylic acid groups (broad SMARTS) is 1. The molecular formula is C28H31ClFN3O3S. The molecule has 1 aliphatic carbocycles. The Morgan fingerprint density at radius 2 is 1.84 bits per heavy atom. The van der Waals surface area contributed by atoms with Gasteiger partial charge in [0.25, 0.3) is 0 Å². The van der Waals surface area contributed by atoms with Crippen LogP contribution >= 0.6 is 22.9 Å². The number of hydrogen-bond donors (Lipinski definition) is 2. The first-order valence-corrected chi connectivity index (χ1v) is 13.8. The topological polar surface area (TPSA) is 65.0 Å². The molecule has 2 atom stereocenters. The number of carbonyl (C=O) groups is 1. The molecule has 2 aromatic carbocycles. The fourth-order valence-electron chi connectivity index (χ4n) is 5.33. The van der Waals surface area contributed by atoms with E-state index < -0.39 is 5.97 Å². The highest BCUT2D eigenvalue weighted by molar-refractivity contribution is 7.11. The van der Waals surface area contributed by atoms with Crippen LogP contribution in [0.4, 0.5) is 15.8 Å². The molecule has 1 aromatic heterocycles. The van der Waals surface area contributed by atoms with E-state index in [1.807, 2.05) is 24.3 Å². The van der Waals surface area contributed by atoms with E-state index >= 15 is 0 Å². The second-order valence-corrected chi connectivity index (χ2v) is 11.1. The fraction of sp³-hybridized carbons (Fsp3) is 0.393. The minimum atomic E-state index is -0.847. The molecule has 196 valence electrons. The number of likely N-dealkylation sites (tertiary alicyclic amines) is 1. The minimum Gasteiger partial charge on any atom is -0.477 e. The molecule has 0 amide bonds. The van der Waals surface area contributed by atoms with Gasteiger partial charge in [-0.05, 0) is 65.1 Å². The summed E-state index contributed by atoms with van der Waals surface area (Å²) in [6.45, 7) is 7.08. The molecule has 0 radical (unpaired) electrons. The summed E-state index contributed by atoms with van der Waals surface area (Å²) in [5.74, 6) is 1.25. The van der Waals surface area contributed by atoms with Crippen molar-refractivity contribution >= 4 is 40.3 Å². The molecule has 1 saturated carbocycles. The molecule has 0 bridgehead atoms. The van der Waals surface area contributed by atoms with Gasteiger partial charge in [-0.2, -0.15) is 0 Å². The van der Waals surface area contributed by atoms with Gasteiger partial charge in [-0.3, -0.25) is 4.90 Å². The summed E-state index contributed by atoms with van der Waals surface area (Å²) in [6, 6.07) is 17.0. The molecular weight excluding hydrogens is 513 g/mol. The lowest BCUT2D eigenvalue weighted by Crippen LogP contribution is -2.36. The predicted octanol–water partition coefficient (Wildman–Crippen LogP) is 5.55. The summed E-state index contributed by atoms with van der Waals surface area (Å²) in [6.07, 6.45) is 0. The molecule has 2 unspecified atom stereocenters. The van der Waals surface area contributed by atoms with Gasteiger partial charge >= 0.3 is 5.97 Å². The first-order chi connectivity index (χ1) is 18.0. The number of anilines is 2. The number of carboxylic acids is 1. The molecule has 9 heteroatoms. The monoisotopic (exact) mass is 543 g/mol. The highest BCUT2D eigenvalue weighted by atomic mass is 35.5. The van der Waals surface area contributed by atoms with Crippen molar-refractivity contribution < 1.29 is 19.0 Å². The Morgan fingerprint density at radius 3 is 2.43 bits per heavy atom. The normalized spacial score (nSPS) is 22.6. The summed E-state index contributed by atoms with van der Waals surface area (Å²) >= 11 is 7.20. The highest BCUT2D eigenvalue weighted by Crippen LogP contribution is 2.51. The molecule has 6 nitrogen and oxygen atoms in total. The van der Waals surface area contributed by atoms with Gasteiger partial charge in [0.05, 0.1) is 18.9 Å². The molecule has 37 heavy (non-hydrogen) atoms. The van der Waals surface area contributed by atoms with Crippen LogP contribution in [-0.2, 0) is 11.3 Å². The van der Waals surface area contributed by atoms with Crippen molar-refractivity contribution in [3.63, 3.8) is 0 Å². The van der Waals surface area contributed by atoms with Crippen molar-refractivity contribution in [1.82, 2.24) is 4.90 Å². The maximum absolute atomic E-state index is 14.6. The Bertz CT molecular complexity index is 1180. The number of nitrogens with one attached hydrogen (secondary N) is 1. The highest BCUT2D eigenvalue weighted by Gasteiger charge is 2.54. The van der Waals surface area contributed by atoms with Gasteiger partial charge in [0, 0.05) is 50.0 Å². The second kappa shape index (κ2) is 11.8. The van der Waals surface area contributed by atoms with Crippen LogP contribution in [0.25, 0.3) is 0 Å². The van der Waals surface area contributed by atoms with E-state index in [-0.39, 0.29) is 5.82 Å². The van der Waals surface area contributed by atoms with E-state index in [1.165, 1.54) is 16.9 Å². The van der Waals surface area contributed by atoms with Crippen LogP contribution in [0.3, 0.4) is 0 Å². The quantitative estimate of drug-likeness (QED) is 0.407. The van der Waals surface area contributed by atoms with Gasteiger partial charge in [0.15, 0.2) is 0 Å². The average molecular weight is 544 g/mol. The third-order valence-electron chi connectivity index (χ3n) is 7.34. The van der Waals surface area contributed by atoms with Crippen molar-refractivity contribution in [2.45, 2.75) is 6.54 Å². The van der Waals surface area contributed by atoms with E-state index in [1.54, 1.807) is 23.6 Å². The van der Waals surface area contributed by atoms with Crippen molar-refractivity contribution in [2.75, 3.05) is 56.2 Å². The van der Waals surface area contributed by atoms with Gasteiger partial charge in [0.2, 0.25) is 0 Å². The van der Waals surface area contributed by atoms with Gasteiger partial charge in [0.1, 0.15) is 10.7 Å². The number of halogens is 2. The first kappa shape index (κ1) is 26.0. The van der Waals surface area contributed by atoms with Gasteiger partial charge in [-0.15, -0.1) is 11.3 Å². The van der Waals surface area contributed by atoms with E-state index in [9.17, 15) is 9.18 Å². The Hall–Kier alpha value is -2.65. The fourth-order valence-corrected chi connectivity index (χ4v) is 6.02. The maximum atomic E-state index is 14.6. The van der Waals surface area contributed by atoms with Crippen LogP contribution in [-0.4, -0.2) is 61.9 Å². The molecule has 3 fully saturated rings. The molecule has 3 heterocycles. The van der Waals surface area contributed by atoms with Crippen molar-refractivity contribution in [3.05, 3.63) is 81.3 Å². The van der Waals surface area contributed by atoms with E-state index in [0.717, 1.165) is 61.8 Å². The largest absolute Gasteiger partial charge is 0.477 e. The van der Waals surface area contributed by atoms with Crippen molar-refractivity contribution in [2.24, 2.45) is 17.8 Å². The van der Waals surface area contributed by atoms with Crippen LogP contribution in [0.1, 0.15) is 15.2 Å². The number of piperidine rings is 1. The molecule has 2 aliphatic heterocycles. The first-order valence-electron chi connectivity index (χ1n) is 12.6. The zero-order chi connectivity index (χ0) is 25.8. The molecule has 0 spiro atoms. The number of aromatic carboxylic acids is 1. The van der Waals surface area contributed by atoms with Crippen LogP contribution in [0.15, 0.2) is 60.0 Å². The van der Waals surface area contributed by atoms with Crippen LogP contribution in [0, 0.1) is 23.6 Å². The number of nitrogens with zero attached hydrogens (tertiary/aromatic N) is 2. The Labute approximate surface area is 225 Å². The molecule has 3 aromatic rings. The third-order valence-corrected chi connectivity index (χ3v) is 8.45. The molecule has 2 N–H and O–H groups in total. The van der Waals surface area contributed by atoms with E-state index in [4.69, 9.17) is 21.4 Å². The zero-order valence-electron chi connectivity index (χ0n) is 20.5. The smallest absolute Gasteiger partial charge is 0.345 e. The lowest BCUT2D eigenvalue weighted by Gasteiger charge is -2.29. The Balaban J connectivity index is 0.000000301. The summed E-state index contributed by atoms with van der Waals surface area (Å²) in [4.78, 5) is 15.1. The predicted molar refractivity (Wildman–Crippen MR) is 146 cm³/mol. The Kier molecular flexibility index (Phi) is 8.30. The van der Waals surface area contributed by atoms with Gasteiger partial charge < -0.3 is 20.1 Å². The number of thiophene rings is 1. The van der Waals surface area contributed by atoms with Gasteiger partial charge in [-0.25, -0.2) is 9.18 Å². The number of hydrogen-bond acceptors (Lipinski definition) is 6. The minimum absolute atomic E-state index is 0.151. The average Bonchev–Trinajstić information content (AvgIpc) is 3.28. The molecule has 2 saturated heterocycles. The SMILES string of the molecule is Fc1cc(NCC2C3CN(Cc4ccc(Cl)cc4)CC23)ccc1N1CCOCC1.O=C(O)c1cccs1. The second-order valence-electron chi connectivity index (χ2n) is 9.74. The third kappa shape index (κ3) is 6.62. The van der Waals surface area contributed by atoms with E-state index in [0.29, 0.717) is 29.7 Å². The van der Waals surface area contributed by atoms with Crippen LogP contribution < -0.4 is 10.2 Å². The van der Waals surface area contributed by atoms with Crippen LogP contribution in [0.2, 0.25) is 5.02 Å². The standard InChI is InChI=1S/C23H27ClFN3O.C5H4O2S/c24-17-3-1-16(2-4-17)13-27-14-20-19(21(20)15-27)12-26-18-5-6-23(22(25)11-18)28-7-9-29-10-8-28;6-5(7)4-2-1-3-8-4/h1-6,11,19-21,26H,7-10,12-15H2;1-3H,(H,6,7). The number of benzene rings is 2. The number of rotatable bonds is 7. The van der Waals surface area contributed by atoms with Crippen molar-refractivity contribution in [3.8, 4) is 0 Å². The van der Waals surface area contributed by atoms with Gasteiger partial charge in [-0.1, -0.05) is 29.8 Å². The summed E-state index contributed by atoms with van der Waals surface area (Å²) in [5.41, 5.74) is 2.88. The van der Waals surface area contributed by atoms with Crippen LogP contribution in [0.5, 0.6) is 0 Å². The van der Waals surface area contributed by atoms with E-state index in [2.05, 4.69) is 27.2 Å². The number of morpholine rings is 1. The summed E-state index contributed by atoms with van der Waals surface area (Å²) in [7, 11) is 0.